The molecule has 0 aliphatic carbocycles. The molecule has 0 saturated carbocycles. The summed E-state index contributed by atoms with van der Waals surface area (Å²) in [6.07, 6.45) is 21.7. The predicted octanol–water partition coefficient (Wildman–Crippen LogP) is 11.5. The van der Waals surface area contributed by atoms with Crippen LogP contribution in [0.2, 0.25) is 15.8 Å². The molecule has 0 aliphatic heterocycles. The van der Waals surface area contributed by atoms with Gasteiger partial charge in [-0.25, -0.2) is 0 Å². The zero-order valence-corrected chi connectivity index (χ0v) is 25.0. The highest BCUT2D eigenvalue weighted by atomic mass is 27.2. The predicted molar refractivity (Wildman–Crippen MR) is 148 cm³/mol. The highest BCUT2D eigenvalue weighted by molar-refractivity contribution is 6.58. The van der Waals surface area contributed by atoms with Gasteiger partial charge < -0.3 is 0 Å². The summed E-state index contributed by atoms with van der Waals surface area (Å²) < 4.78 is 0. The Morgan fingerprint density at radius 3 is 0.871 bits per heavy atom. The Labute approximate surface area is 204 Å². The average Bonchev–Trinajstić information content (AvgIpc) is 2.72. The van der Waals surface area contributed by atoms with Crippen molar-refractivity contribution in [1.29, 1.82) is 0 Å². The largest absolute Gasteiger partial charge is 0.261 e. The van der Waals surface area contributed by atoms with Gasteiger partial charge in [-0.2, -0.15) is 0 Å². The van der Waals surface area contributed by atoms with Gasteiger partial charge in [-0.05, 0) is 35.5 Å². The number of rotatable bonds is 21. The summed E-state index contributed by atoms with van der Waals surface area (Å²) in [6.45, 7) is 21.8. The fourth-order valence-electron chi connectivity index (χ4n) is 4.60. The van der Waals surface area contributed by atoms with Gasteiger partial charge in [0.2, 0.25) is 0 Å². The molecule has 0 spiro atoms. The third kappa shape index (κ3) is 18.6. The second-order valence-electron chi connectivity index (χ2n) is 13.2. The van der Waals surface area contributed by atoms with E-state index >= 15 is 0 Å². The first-order valence-corrected chi connectivity index (χ1v) is 16.9. The third-order valence-corrected chi connectivity index (χ3v) is 12.4. The van der Waals surface area contributed by atoms with Gasteiger partial charge in [0.05, 0.1) is 0 Å². The minimum absolute atomic E-state index is 0.510. The van der Waals surface area contributed by atoms with E-state index in [-0.39, 0.29) is 0 Å². The van der Waals surface area contributed by atoms with E-state index in [2.05, 4.69) is 62.3 Å². The smallest absolute Gasteiger partial charge is 0.0939 e. The molecule has 0 aromatic heterocycles. The van der Waals surface area contributed by atoms with Crippen molar-refractivity contribution in [3.63, 3.8) is 0 Å². The number of hydrogen-bond donors (Lipinski definition) is 0. The van der Waals surface area contributed by atoms with Gasteiger partial charge >= 0.3 is 0 Å². The van der Waals surface area contributed by atoms with Crippen LogP contribution in [0, 0.1) is 16.2 Å². The zero-order valence-electron chi connectivity index (χ0n) is 23.8. The van der Waals surface area contributed by atoms with Crippen molar-refractivity contribution < 1.29 is 0 Å². The molecule has 0 aromatic carbocycles. The monoisotopic (exact) mass is 450 g/mol. The minimum Gasteiger partial charge on any atom is -0.0939 e. The van der Waals surface area contributed by atoms with Crippen LogP contribution in [0.15, 0.2) is 0 Å². The Morgan fingerprint density at radius 1 is 0.387 bits per heavy atom. The van der Waals surface area contributed by atoms with Crippen molar-refractivity contribution >= 4 is 14.1 Å². The van der Waals surface area contributed by atoms with Gasteiger partial charge in [0.1, 0.15) is 0 Å². The van der Waals surface area contributed by atoms with Gasteiger partial charge in [0.25, 0.3) is 14.1 Å². The van der Waals surface area contributed by atoms with Crippen LogP contribution in [-0.4, -0.2) is 14.1 Å². The van der Waals surface area contributed by atoms with Crippen molar-refractivity contribution in [2.45, 2.75) is 174 Å². The quantitative estimate of drug-likeness (QED) is 0.120. The van der Waals surface area contributed by atoms with Crippen molar-refractivity contribution in [1.82, 2.24) is 0 Å². The van der Waals surface area contributed by atoms with E-state index in [0.29, 0.717) is 16.2 Å². The van der Waals surface area contributed by atoms with Crippen LogP contribution in [-0.2, 0) is 0 Å². The summed E-state index contributed by atoms with van der Waals surface area (Å²) in [7, 11) is 0. The first-order valence-electron chi connectivity index (χ1n) is 14.5. The highest BCUT2D eigenvalue weighted by Gasteiger charge is 2.19. The molecule has 0 atom stereocenters. The molecule has 0 heterocycles. The maximum Gasteiger partial charge on any atom is 0.261 e. The summed E-state index contributed by atoms with van der Waals surface area (Å²) >= 11 is -0.510. The molecule has 0 unspecified atom stereocenters. The molecule has 0 aromatic rings. The van der Waals surface area contributed by atoms with Crippen LogP contribution in [0.4, 0.5) is 0 Å². The van der Waals surface area contributed by atoms with Crippen molar-refractivity contribution in [2.75, 3.05) is 0 Å². The first-order chi connectivity index (χ1) is 14.5. The summed E-state index contributed by atoms with van der Waals surface area (Å²) in [4.78, 5) is 0. The lowest BCUT2D eigenvalue weighted by Crippen LogP contribution is -2.13. The van der Waals surface area contributed by atoms with Crippen molar-refractivity contribution in [3.8, 4) is 0 Å². The maximum atomic E-state index is 2.45. The Bertz CT molecular complexity index is 345. The normalized spacial score (nSPS) is 13.1. The zero-order chi connectivity index (χ0) is 23.8. The lowest BCUT2D eigenvalue weighted by molar-refractivity contribution is 0.308. The molecule has 0 rings (SSSR count). The Morgan fingerprint density at radius 2 is 0.645 bits per heavy atom. The molecule has 0 nitrogen and oxygen atoms in total. The average molecular weight is 451 g/mol. The third-order valence-electron chi connectivity index (χ3n) is 8.77. The Balaban J connectivity index is 4.22. The van der Waals surface area contributed by atoms with E-state index in [4.69, 9.17) is 0 Å². The maximum absolute atomic E-state index is 2.45. The molecular formula is C30H63Al. The topological polar surface area (TPSA) is 0 Å². The van der Waals surface area contributed by atoms with E-state index in [0.717, 1.165) is 0 Å². The van der Waals surface area contributed by atoms with Gasteiger partial charge in [-0.1, -0.05) is 155 Å². The molecular weight excluding hydrogens is 387 g/mol. The summed E-state index contributed by atoms with van der Waals surface area (Å²) in [5.41, 5.74) is 1.69. The Kier molecular flexibility index (Phi) is 17.3. The standard InChI is InChI=1S/3C10H21.Al/c3*1-5-7-8-9-10(3,4)6-2;/h3*1,5-9H2,2-4H3;. The molecule has 31 heavy (non-hydrogen) atoms. The van der Waals surface area contributed by atoms with Crippen molar-refractivity contribution in [2.24, 2.45) is 16.2 Å². The molecule has 186 valence electrons. The fraction of sp³-hybridized carbons (Fsp3) is 1.00. The Hall–Kier alpha value is 0.532. The molecule has 0 N–H and O–H groups in total. The number of hydrogen-bond acceptors (Lipinski definition) is 0. The van der Waals surface area contributed by atoms with E-state index in [9.17, 15) is 0 Å². The summed E-state index contributed by atoms with van der Waals surface area (Å²) in [5.74, 6) is 0. The van der Waals surface area contributed by atoms with Gasteiger partial charge in [0.15, 0.2) is 0 Å². The minimum atomic E-state index is -0.510. The molecule has 0 aliphatic rings. The molecule has 0 fully saturated rings. The molecule has 0 amide bonds. The van der Waals surface area contributed by atoms with Crippen LogP contribution >= 0.6 is 0 Å². The van der Waals surface area contributed by atoms with E-state index in [1.807, 2.05) is 0 Å². The SMILES string of the molecule is CCC(C)(C)CCCC[CH2][Al]([CH2]CCCCC(C)(C)CC)[CH2]CCCCC(C)(C)CC. The van der Waals surface area contributed by atoms with Gasteiger partial charge in [0, 0.05) is 0 Å². The highest BCUT2D eigenvalue weighted by Crippen LogP contribution is 2.30. The summed E-state index contributed by atoms with van der Waals surface area (Å²) in [6, 6.07) is 0. The van der Waals surface area contributed by atoms with Crippen LogP contribution in [0.25, 0.3) is 0 Å². The lowest BCUT2D eigenvalue weighted by Gasteiger charge is -2.23. The van der Waals surface area contributed by atoms with Gasteiger partial charge in [-0.15, -0.1) is 0 Å². The van der Waals surface area contributed by atoms with E-state index in [1.54, 1.807) is 15.8 Å². The molecule has 0 bridgehead atoms. The van der Waals surface area contributed by atoms with Crippen LogP contribution in [0.3, 0.4) is 0 Å². The van der Waals surface area contributed by atoms with E-state index < -0.39 is 14.1 Å². The van der Waals surface area contributed by atoms with E-state index in [1.165, 1.54) is 96.3 Å². The fourth-order valence-corrected chi connectivity index (χ4v) is 8.07. The molecule has 1 heteroatoms. The van der Waals surface area contributed by atoms with Gasteiger partial charge in [-0.3, -0.25) is 0 Å². The van der Waals surface area contributed by atoms with Crippen LogP contribution in [0.1, 0.15) is 159 Å². The van der Waals surface area contributed by atoms with Crippen LogP contribution < -0.4 is 0 Å². The van der Waals surface area contributed by atoms with Crippen LogP contribution in [0.5, 0.6) is 0 Å². The second-order valence-corrected chi connectivity index (χ2v) is 16.7. The molecule has 0 radical (unpaired) electrons. The number of unbranched alkanes of at least 4 members (excludes halogenated alkanes) is 6. The van der Waals surface area contributed by atoms with Crippen molar-refractivity contribution in [3.05, 3.63) is 0 Å². The molecule has 0 saturated heterocycles. The second kappa shape index (κ2) is 17.0. The first kappa shape index (κ1) is 31.5. The lowest BCUT2D eigenvalue weighted by atomic mass is 9.84. The summed E-state index contributed by atoms with van der Waals surface area (Å²) in [5, 5.41) is 4.90.